The van der Waals surface area contributed by atoms with Gasteiger partial charge < -0.3 is 5.73 Å². The molecular weight excluding hydrogens is 218 g/mol. The molecule has 4 heteroatoms. The second kappa shape index (κ2) is 4.72. The van der Waals surface area contributed by atoms with E-state index in [0.29, 0.717) is 0 Å². The van der Waals surface area contributed by atoms with Crippen LogP contribution in [0.1, 0.15) is 18.3 Å². The zero-order valence-electron chi connectivity index (χ0n) is 9.47. The minimum Gasteiger partial charge on any atom is -0.328 e. The zero-order valence-corrected chi connectivity index (χ0v) is 10.3. The first-order valence-electron chi connectivity index (χ1n) is 5.29. The average molecular weight is 233 g/mol. The second-order valence-electron chi connectivity index (χ2n) is 3.98. The number of nitrogens with two attached hydrogens (primary N) is 1. The van der Waals surface area contributed by atoms with Crippen molar-refractivity contribution in [2.45, 2.75) is 26.3 Å². The van der Waals surface area contributed by atoms with Crippen molar-refractivity contribution in [3.8, 4) is 10.7 Å². The number of nitrogens with zero attached hydrogens (tertiary/aromatic N) is 2. The van der Waals surface area contributed by atoms with E-state index in [2.05, 4.69) is 9.97 Å². The summed E-state index contributed by atoms with van der Waals surface area (Å²) in [5.74, 6) is 0.811. The van der Waals surface area contributed by atoms with E-state index >= 15 is 0 Å². The molecule has 0 aromatic carbocycles. The fraction of sp³-hybridized carbons (Fsp3) is 0.333. The molecule has 16 heavy (non-hydrogen) atoms. The largest absolute Gasteiger partial charge is 0.328 e. The lowest BCUT2D eigenvalue weighted by Crippen LogP contribution is -2.18. The highest BCUT2D eigenvalue weighted by Gasteiger charge is 2.07. The summed E-state index contributed by atoms with van der Waals surface area (Å²) in [7, 11) is 0. The molecule has 0 saturated carbocycles. The highest BCUT2D eigenvalue weighted by Crippen LogP contribution is 2.21. The number of rotatable bonds is 3. The van der Waals surface area contributed by atoms with Gasteiger partial charge >= 0.3 is 0 Å². The van der Waals surface area contributed by atoms with Crippen molar-refractivity contribution < 1.29 is 0 Å². The van der Waals surface area contributed by atoms with Crippen molar-refractivity contribution in [2.75, 3.05) is 0 Å². The van der Waals surface area contributed by atoms with Gasteiger partial charge in [-0.2, -0.15) is 0 Å². The molecule has 0 bridgehead atoms. The summed E-state index contributed by atoms with van der Waals surface area (Å²) in [6.45, 7) is 3.98. The van der Waals surface area contributed by atoms with Crippen molar-refractivity contribution >= 4 is 11.3 Å². The maximum atomic E-state index is 5.79. The average Bonchev–Trinajstić information content (AvgIpc) is 2.67. The molecule has 2 aromatic rings. The van der Waals surface area contributed by atoms with Gasteiger partial charge in [-0.25, -0.2) is 9.97 Å². The fourth-order valence-electron chi connectivity index (χ4n) is 1.58. The summed E-state index contributed by atoms with van der Waals surface area (Å²) in [6, 6.07) is 6.18. The Kier molecular flexibility index (Phi) is 3.31. The molecule has 0 spiro atoms. The standard InChI is InChI=1S/C12H15N3S/c1-8(13)6-10-7-9(2)14-12(15-10)11-4-3-5-16-11/h3-5,7-8H,6,13H2,1-2H3. The van der Waals surface area contributed by atoms with Gasteiger partial charge in [0.1, 0.15) is 0 Å². The maximum absolute atomic E-state index is 5.79. The quantitative estimate of drug-likeness (QED) is 0.885. The molecule has 0 aliphatic carbocycles. The van der Waals surface area contributed by atoms with Crippen LogP contribution in [0.3, 0.4) is 0 Å². The maximum Gasteiger partial charge on any atom is 0.169 e. The molecule has 0 fully saturated rings. The van der Waals surface area contributed by atoms with E-state index in [1.165, 1.54) is 0 Å². The lowest BCUT2D eigenvalue weighted by molar-refractivity contribution is 0.719. The summed E-state index contributed by atoms with van der Waals surface area (Å²) in [5, 5.41) is 2.03. The van der Waals surface area contributed by atoms with Gasteiger partial charge in [0.2, 0.25) is 0 Å². The minimum atomic E-state index is 0.130. The molecule has 2 heterocycles. The van der Waals surface area contributed by atoms with Crippen LogP contribution in [0, 0.1) is 6.92 Å². The van der Waals surface area contributed by atoms with Crippen molar-refractivity contribution in [3.63, 3.8) is 0 Å². The van der Waals surface area contributed by atoms with Crippen LogP contribution in [0.5, 0.6) is 0 Å². The van der Waals surface area contributed by atoms with Gasteiger partial charge in [0.25, 0.3) is 0 Å². The predicted octanol–water partition coefficient (Wildman–Crippen LogP) is 2.40. The third-order valence-corrected chi connectivity index (χ3v) is 3.05. The molecule has 0 aliphatic rings. The Morgan fingerprint density at radius 2 is 2.25 bits per heavy atom. The Morgan fingerprint density at radius 1 is 1.44 bits per heavy atom. The number of aromatic nitrogens is 2. The zero-order chi connectivity index (χ0) is 11.5. The first-order valence-corrected chi connectivity index (χ1v) is 6.17. The van der Waals surface area contributed by atoms with Crippen LogP contribution < -0.4 is 5.73 Å². The molecular formula is C12H15N3S. The lowest BCUT2D eigenvalue weighted by Gasteiger charge is -2.06. The SMILES string of the molecule is Cc1cc(CC(C)N)nc(-c2cccs2)n1. The molecule has 3 nitrogen and oxygen atoms in total. The number of hydrogen-bond donors (Lipinski definition) is 1. The highest BCUT2D eigenvalue weighted by atomic mass is 32.1. The smallest absolute Gasteiger partial charge is 0.169 e. The predicted molar refractivity (Wildman–Crippen MR) is 67.4 cm³/mol. The first kappa shape index (κ1) is 11.2. The van der Waals surface area contributed by atoms with Crippen molar-refractivity contribution in [2.24, 2.45) is 5.73 Å². The summed E-state index contributed by atoms with van der Waals surface area (Å²) in [4.78, 5) is 10.1. The van der Waals surface area contributed by atoms with Crippen LogP contribution in [0.25, 0.3) is 10.7 Å². The van der Waals surface area contributed by atoms with Crippen LogP contribution in [0.15, 0.2) is 23.6 Å². The molecule has 0 saturated heterocycles. The van der Waals surface area contributed by atoms with Gasteiger partial charge in [0.15, 0.2) is 5.82 Å². The molecule has 0 aliphatic heterocycles. The van der Waals surface area contributed by atoms with Gasteiger partial charge in [0.05, 0.1) is 4.88 Å². The molecule has 2 N–H and O–H groups in total. The van der Waals surface area contributed by atoms with Crippen LogP contribution in [-0.4, -0.2) is 16.0 Å². The molecule has 2 rings (SSSR count). The molecule has 2 aromatic heterocycles. The molecule has 0 amide bonds. The summed E-state index contributed by atoms with van der Waals surface area (Å²) in [6.07, 6.45) is 0.793. The summed E-state index contributed by atoms with van der Waals surface area (Å²) < 4.78 is 0. The van der Waals surface area contributed by atoms with Crippen LogP contribution in [0.4, 0.5) is 0 Å². The van der Waals surface area contributed by atoms with E-state index in [1.54, 1.807) is 11.3 Å². The fourth-order valence-corrected chi connectivity index (χ4v) is 2.24. The third kappa shape index (κ3) is 2.65. The van der Waals surface area contributed by atoms with Gasteiger partial charge in [-0.15, -0.1) is 11.3 Å². The van der Waals surface area contributed by atoms with Crippen molar-refractivity contribution in [1.29, 1.82) is 0 Å². The van der Waals surface area contributed by atoms with E-state index in [4.69, 9.17) is 5.73 Å². The topological polar surface area (TPSA) is 51.8 Å². The van der Waals surface area contributed by atoms with Crippen molar-refractivity contribution in [1.82, 2.24) is 9.97 Å². The van der Waals surface area contributed by atoms with Gasteiger partial charge in [-0.1, -0.05) is 6.07 Å². The monoisotopic (exact) mass is 233 g/mol. The minimum absolute atomic E-state index is 0.130. The normalized spacial score (nSPS) is 12.7. The molecule has 1 atom stereocenters. The van der Waals surface area contributed by atoms with Gasteiger partial charge in [-0.3, -0.25) is 0 Å². The third-order valence-electron chi connectivity index (χ3n) is 2.18. The van der Waals surface area contributed by atoms with Gasteiger partial charge in [0, 0.05) is 23.9 Å². The van der Waals surface area contributed by atoms with Gasteiger partial charge in [-0.05, 0) is 31.4 Å². The Labute approximate surface area is 99.4 Å². The second-order valence-corrected chi connectivity index (χ2v) is 4.93. The Balaban J connectivity index is 2.36. The van der Waals surface area contributed by atoms with E-state index < -0.39 is 0 Å². The van der Waals surface area contributed by atoms with Crippen LogP contribution in [0.2, 0.25) is 0 Å². The summed E-state index contributed by atoms with van der Waals surface area (Å²) in [5.41, 5.74) is 7.80. The first-order chi connectivity index (χ1) is 7.65. The van der Waals surface area contributed by atoms with Crippen molar-refractivity contribution in [3.05, 3.63) is 35.0 Å². The molecule has 0 radical (unpaired) electrons. The Bertz CT molecular complexity index is 463. The summed E-state index contributed by atoms with van der Waals surface area (Å²) >= 11 is 1.66. The van der Waals surface area contributed by atoms with E-state index in [-0.39, 0.29) is 6.04 Å². The Hall–Kier alpha value is -1.26. The van der Waals surface area contributed by atoms with Crippen LogP contribution in [-0.2, 0) is 6.42 Å². The number of thiophene rings is 1. The lowest BCUT2D eigenvalue weighted by atomic mass is 10.2. The molecule has 1 unspecified atom stereocenters. The molecule has 84 valence electrons. The number of aryl methyl sites for hydroxylation is 1. The van der Waals surface area contributed by atoms with E-state index in [1.807, 2.05) is 37.4 Å². The highest BCUT2D eigenvalue weighted by molar-refractivity contribution is 7.13. The van der Waals surface area contributed by atoms with E-state index in [0.717, 1.165) is 28.5 Å². The Morgan fingerprint density at radius 3 is 2.88 bits per heavy atom. The van der Waals surface area contributed by atoms with E-state index in [9.17, 15) is 0 Å². The van der Waals surface area contributed by atoms with Crippen LogP contribution >= 0.6 is 11.3 Å². The number of hydrogen-bond acceptors (Lipinski definition) is 4.